The molecule has 0 aromatic carbocycles. The van der Waals surface area contributed by atoms with Crippen molar-refractivity contribution >= 4 is 5.91 Å². The molecule has 0 saturated carbocycles. The SMILES string of the molecule is CCCCCCCCCC/C=C\CCCCCCCCCCCCCCCC(=O)NC(COC1OC(CO)C(OC2OC(CO)C(OC3OC(CO)C(O)C(O)C3O)C(O)C2O)C(O)C1O)C(O)/C=C/CCCCCCCCCCCCCCCCCCCCCCC. The van der Waals surface area contributed by atoms with Gasteiger partial charge in [-0.05, 0) is 44.9 Å². The van der Waals surface area contributed by atoms with Crippen LogP contribution in [0, 0.1) is 0 Å². The van der Waals surface area contributed by atoms with Gasteiger partial charge in [-0.1, -0.05) is 282 Å². The highest BCUT2D eigenvalue weighted by Gasteiger charge is 2.53. The van der Waals surface area contributed by atoms with E-state index in [-0.39, 0.29) is 18.9 Å². The summed E-state index contributed by atoms with van der Waals surface area (Å²) < 4.78 is 34.4. The van der Waals surface area contributed by atoms with E-state index < -0.39 is 124 Å². The third kappa shape index (κ3) is 37.3. The first-order valence-electron chi connectivity index (χ1n) is 38.1. The van der Waals surface area contributed by atoms with Crippen LogP contribution in [0.3, 0.4) is 0 Å². The van der Waals surface area contributed by atoms with Gasteiger partial charge in [0.1, 0.15) is 73.2 Å². The van der Waals surface area contributed by atoms with E-state index in [1.807, 2.05) is 6.08 Å². The van der Waals surface area contributed by atoms with Gasteiger partial charge < -0.3 is 89.9 Å². The Bertz CT molecular complexity index is 1780. The van der Waals surface area contributed by atoms with Crippen LogP contribution in [0.2, 0.25) is 0 Å². The van der Waals surface area contributed by atoms with E-state index >= 15 is 0 Å². The lowest BCUT2D eigenvalue weighted by Gasteiger charge is -2.48. The lowest BCUT2D eigenvalue weighted by Crippen LogP contribution is -2.66. The maximum absolute atomic E-state index is 13.4. The molecule has 19 nitrogen and oxygen atoms in total. The first kappa shape index (κ1) is 85.5. The second-order valence-electron chi connectivity index (χ2n) is 27.5. The zero-order valence-electron chi connectivity index (χ0n) is 58.3. The molecule has 0 radical (unpaired) electrons. The minimum atomic E-state index is -1.98. The van der Waals surface area contributed by atoms with Crippen LogP contribution < -0.4 is 5.32 Å². The maximum Gasteiger partial charge on any atom is 0.220 e. The highest BCUT2D eigenvalue weighted by Crippen LogP contribution is 2.33. The monoisotopic (exact) mass is 1330 g/mol. The second-order valence-corrected chi connectivity index (χ2v) is 27.5. The van der Waals surface area contributed by atoms with Gasteiger partial charge in [-0.15, -0.1) is 0 Å². The molecule has 0 aromatic rings. The van der Waals surface area contributed by atoms with Crippen molar-refractivity contribution in [3.8, 4) is 0 Å². The Hall–Kier alpha value is -1.73. The number of carbonyl (C=O) groups excluding carboxylic acids is 1. The molecule has 93 heavy (non-hydrogen) atoms. The van der Waals surface area contributed by atoms with Crippen molar-refractivity contribution in [1.82, 2.24) is 5.32 Å². The molecule has 548 valence electrons. The Morgan fingerprint density at radius 1 is 0.376 bits per heavy atom. The van der Waals surface area contributed by atoms with E-state index in [1.165, 1.54) is 238 Å². The number of aliphatic hydroxyl groups is 11. The summed E-state index contributed by atoms with van der Waals surface area (Å²) in [6, 6.07) is -0.972. The number of aliphatic hydroxyl groups excluding tert-OH is 11. The fraction of sp³-hybridized carbons (Fsp3) is 0.932. The van der Waals surface area contributed by atoms with E-state index in [4.69, 9.17) is 28.4 Å². The average molecular weight is 1330 g/mol. The molecule has 19 heteroatoms. The predicted octanol–water partition coefficient (Wildman–Crippen LogP) is 11.4. The van der Waals surface area contributed by atoms with Crippen LogP contribution in [0.15, 0.2) is 24.3 Å². The van der Waals surface area contributed by atoms with Crippen LogP contribution in [0.1, 0.15) is 309 Å². The van der Waals surface area contributed by atoms with Gasteiger partial charge in [-0.2, -0.15) is 0 Å². The van der Waals surface area contributed by atoms with Crippen LogP contribution in [0.25, 0.3) is 0 Å². The van der Waals surface area contributed by atoms with Crippen molar-refractivity contribution in [2.75, 3.05) is 26.4 Å². The van der Waals surface area contributed by atoms with Crippen molar-refractivity contribution in [2.45, 2.75) is 413 Å². The molecule has 3 saturated heterocycles. The molecule has 3 aliphatic heterocycles. The molecule has 3 rings (SSSR count). The molecule has 0 aromatic heterocycles. The normalized spacial score (nSPS) is 27.6. The molecule has 0 spiro atoms. The molecule has 17 unspecified atom stereocenters. The summed E-state index contributed by atoms with van der Waals surface area (Å²) in [7, 11) is 0. The summed E-state index contributed by atoms with van der Waals surface area (Å²) in [4.78, 5) is 13.4. The van der Waals surface area contributed by atoms with Gasteiger partial charge in [-0.3, -0.25) is 4.79 Å². The molecule has 17 atom stereocenters. The zero-order chi connectivity index (χ0) is 67.5. The van der Waals surface area contributed by atoms with Crippen LogP contribution in [0.5, 0.6) is 0 Å². The Labute approximate surface area is 562 Å². The van der Waals surface area contributed by atoms with Crippen LogP contribution >= 0.6 is 0 Å². The predicted molar refractivity (Wildman–Crippen MR) is 365 cm³/mol. The smallest absolute Gasteiger partial charge is 0.220 e. The highest BCUT2D eigenvalue weighted by molar-refractivity contribution is 5.76. The minimum absolute atomic E-state index is 0.246. The summed E-state index contributed by atoms with van der Waals surface area (Å²) in [5.41, 5.74) is 0. The summed E-state index contributed by atoms with van der Waals surface area (Å²) in [6.07, 6.45) is 38.7. The lowest BCUT2D eigenvalue weighted by atomic mass is 9.96. The second kappa shape index (κ2) is 56.1. The van der Waals surface area contributed by atoms with E-state index in [0.717, 1.165) is 44.9 Å². The van der Waals surface area contributed by atoms with Gasteiger partial charge in [0, 0.05) is 6.42 Å². The number of unbranched alkanes of at least 4 members (excludes halogenated alkanes) is 42. The van der Waals surface area contributed by atoms with Gasteiger partial charge in [0.25, 0.3) is 0 Å². The van der Waals surface area contributed by atoms with Crippen molar-refractivity contribution in [3.05, 3.63) is 24.3 Å². The largest absolute Gasteiger partial charge is 0.394 e. The number of rotatable bonds is 60. The fourth-order valence-electron chi connectivity index (χ4n) is 13.1. The van der Waals surface area contributed by atoms with Gasteiger partial charge in [0.05, 0.1) is 38.6 Å². The Morgan fingerprint density at radius 3 is 1.04 bits per heavy atom. The Morgan fingerprint density at radius 2 is 0.677 bits per heavy atom. The molecule has 3 heterocycles. The third-order valence-corrected chi connectivity index (χ3v) is 19.2. The topological polar surface area (TPSA) is 307 Å². The Kier molecular flexibility index (Phi) is 51.5. The van der Waals surface area contributed by atoms with Gasteiger partial charge >= 0.3 is 0 Å². The summed E-state index contributed by atoms with van der Waals surface area (Å²) in [5.74, 6) is -0.270. The van der Waals surface area contributed by atoms with Crippen molar-refractivity contribution in [3.63, 3.8) is 0 Å². The third-order valence-electron chi connectivity index (χ3n) is 19.2. The molecule has 3 aliphatic rings. The van der Waals surface area contributed by atoms with Gasteiger partial charge in [-0.25, -0.2) is 0 Å². The molecular formula is C74H139NO18. The van der Waals surface area contributed by atoms with E-state index in [2.05, 4.69) is 31.3 Å². The lowest BCUT2D eigenvalue weighted by molar-refractivity contribution is -0.379. The number of hydrogen-bond acceptors (Lipinski definition) is 18. The first-order valence-corrected chi connectivity index (χ1v) is 38.1. The number of allylic oxidation sites excluding steroid dienone is 3. The van der Waals surface area contributed by atoms with Crippen LogP contribution in [0.4, 0.5) is 0 Å². The van der Waals surface area contributed by atoms with Crippen molar-refractivity contribution < 1.29 is 89.4 Å². The van der Waals surface area contributed by atoms with Crippen LogP contribution in [-0.2, 0) is 33.2 Å². The van der Waals surface area contributed by atoms with Gasteiger partial charge in [0.15, 0.2) is 18.9 Å². The Balaban J connectivity index is 1.41. The molecule has 0 aliphatic carbocycles. The zero-order valence-corrected chi connectivity index (χ0v) is 58.3. The van der Waals surface area contributed by atoms with Gasteiger partial charge in [0.2, 0.25) is 5.91 Å². The molecule has 12 N–H and O–H groups in total. The molecular weight excluding hydrogens is 1190 g/mol. The average Bonchev–Trinajstić information content (AvgIpc) is 0.819. The minimum Gasteiger partial charge on any atom is -0.394 e. The number of carbonyl (C=O) groups is 1. The summed E-state index contributed by atoms with van der Waals surface area (Å²) in [5, 5.41) is 121. The summed E-state index contributed by atoms with van der Waals surface area (Å²) >= 11 is 0. The fourth-order valence-corrected chi connectivity index (χ4v) is 13.1. The highest BCUT2D eigenvalue weighted by atomic mass is 16.8. The molecule has 3 fully saturated rings. The maximum atomic E-state index is 13.4. The van der Waals surface area contributed by atoms with E-state index in [1.54, 1.807) is 6.08 Å². The van der Waals surface area contributed by atoms with Crippen molar-refractivity contribution in [2.24, 2.45) is 0 Å². The first-order chi connectivity index (χ1) is 45.3. The number of hydrogen-bond donors (Lipinski definition) is 12. The van der Waals surface area contributed by atoms with E-state index in [0.29, 0.717) is 6.42 Å². The number of nitrogens with one attached hydrogen (secondary N) is 1. The molecule has 1 amide bonds. The summed E-state index contributed by atoms with van der Waals surface area (Å²) in [6.45, 7) is 1.78. The van der Waals surface area contributed by atoms with Crippen LogP contribution in [-0.4, -0.2) is 193 Å². The number of amides is 1. The van der Waals surface area contributed by atoms with E-state index in [9.17, 15) is 61.0 Å². The molecule has 0 bridgehead atoms. The standard InChI is InChI=1S/C74H139NO18/c1-3-5-7-9-11-13-15-17-19-21-23-25-27-28-30-32-34-36-38-40-42-44-46-48-50-52-62(80)75-57(58(79)51-49-47-45-43-41-39-37-35-33-31-29-26-24-22-20-18-16-14-12-10-8-6-4-2)56-88-72-68(86)65(83)70(60(54-77)90-72)93-74-69(87)66(84)71(61(55-78)91-74)92-73-67(85)64(82)63(81)59(53-76)89-73/h21,23,49,51,57-61,63-74,76-79,81-87H,3-20,22,24-48,50,52-56H2,1-2H3,(H,75,80)/b23-21-,51-49+. The quantitative estimate of drug-likeness (QED) is 0.0199. The van der Waals surface area contributed by atoms with Crippen molar-refractivity contribution in [1.29, 1.82) is 0 Å². The number of ether oxygens (including phenoxy) is 6.